The molecule has 0 atom stereocenters. The van der Waals surface area contributed by atoms with Crippen molar-refractivity contribution in [2.24, 2.45) is 0 Å². The highest BCUT2D eigenvalue weighted by Gasteiger charge is 2.17. The van der Waals surface area contributed by atoms with E-state index in [9.17, 15) is 9.59 Å². The van der Waals surface area contributed by atoms with Gasteiger partial charge in [-0.1, -0.05) is 48.7 Å². The minimum absolute atomic E-state index is 0.0490. The Kier molecular flexibility index (Phi) is 10.6. The maximum atomic E-state index is 15.2. The van der Waals surface area contributed by atoms with Crippen molar-refractivity contribution in [2.75, 3.05) is 18.5 Å². The highest BCUT2D eigenvalue weighted by Crippen LogP contribution is 2.31. The van der Waals surface area contributed by atoms with Crippen LogP contribution >= 0.6 is 34.5 Å². The van der Waals surface area contributed by atoms with Crippen molar-refractivity contribution in [3.63, 3.8) is 0 Å². The zero-order valence-corrected chi connectivity index (χ0v) is 22.8. The summed E-state index contributed by atoms with van der Waals surface area (Å²) in [5, 5.41) is 14.0. The van der Waals surface area contributed by atoms with Gasteiger partial charge in [0.2, 0.25) is 0 Å². The molecule has 0 saturated heterocycles. The van der Waals surface area contributed by atoms with E-state index in [4.69, 9.17) is 33.0 Å². The van der Waals surface area contributed by atoms with Crippen LogP contribution in [0.4, 0.5) is 9.52 Å². The van der Waals surface area contributed by atoms with E-state index in [1.165, 1.54) is 25.1 Å². The van der Waals surface area contributed by atoms with Gasteiger partial charge < -0.3 is 9.84 Å². The van der Waals surface area contributed by atoms with E-state index in [0.29, 0.717) is 35.4 Å². The maximum Gasteiger partial charge on any atom is 0.331 e. The number of halogens is 3. The second-order valence-corrected chi connectivity index (χ2v) is 10.00. The third-order valence-corrected chi connectivity index (χ3v) is 6.88. The Bertz CT molecular complexity index is 1290. The largest absolute Gasteiger partial charge is 0.478 e. The number of carboxylic acid groups (broad SMARTS) is 1. The molecule has 37 heavy (non-hydrogen) atoms. The normalized spacial score (nSPS) is 11.5. The number of aromatic nitrogens is 1. The molecular weight excluding hydrogens is 538 g/mol. The van der Waals surface area contributed by atoms with E-state index in [2.05, 4.69) is 17.2 Å². The predicted octanol–water partition coefficient (Wildman–Crippen LogP) is 7.75. The molecule has 0 bridgehead atoms. The zero-order valence-electron chi connectivity index (χ0n) is 20.4. The van der Waals surface area contributed by atoms with Gasteiger partial charge >= 0.3 is 5.97 Å². The van der Waals surface area contributed by atoms with Crippen LogP contribution < -0.4 is 5.32 Å². The topological polar surface area (TPSA) is 88.5 Å². The Balaban J connectivity index is 1.70. The number of carbonyl (C=O) groups excluding carboxylic acids is 1. The number of ether oxygens (including phenoxy) is 1. The van der Waals surface area contributed by atoms with Gasteiger partial charge in [-0.2, -0.15) is 0 Å². The summed E-state index contributed by atoms with van der Waals surface area (Å²) in [6.45, 7) is 4.82. The fraction of sp³-hybridized carbons (Fsp3) is 0.296. The van der Waals surface area contributed by atoms with E-state index in [-0.39, 0.29) is 32.1 Å². The van der Waals surface area contributed by atoms with Crippen LogP contribution in [0.3, 0.4) is 0 Å². The number of thiazole rings is 1. The van der Waals surface area contributed by atoms with Crippen LogP contribution in [0.25, 0.3) is 17.3 Å². The smallest absolute Gasteiger partial charge is 0.331 e. The second kappa shape index (κ2) is 13.7. The monoisotopic (exact) mass is 564 g/mol. The Morgan fingerprint density at radius 1 is 1.19 bits per heavy atom. The molecule has 2 N–H and O–H groups in total. The number of unbranched alkanes of at least 4 members (excludes halogenated alkanes) is 1. The molecule has 1 aromatic heterocycles. The summed E-state index contributed by atoms with van der Waals surface area (Å²) >= 11 is 13.7. The molecule has 0 aliphatic carbocycles. The van der Waals surface area contributed by atoms with Gasteiger partial charge in [0, 0.05) is 40.9 Å². The van der Waals surface area contributed by atoms with Gasteiger partial charge in [0.05, 0.1) is 15.7 Å². The fourth-order valence-corrected chi connectivity index (χ4v) is 4.74. The Hall–Kier alpha value is -2.78. The van der Waals surface area contributed by atoms with E-state index < -0.39 is 11.9 Å². The molecule has 1 heterocycles. The number of nitrogens with zero attached hydrogens (tertiary/aromatic N) is 1. The van der Waals surface area contributed by atoms with Crippen LogP contribution in [0.15, 0.2) is 41.3 Å². The summed E-state index contributed by atoms with van der Waals surface area (Å²) in [7, 11) is 0. The Morgan fingerprint density at radius 2 is 1.89 bits per heavy atom. The molecule has 2 aromatic carbocycles. The number of aryl methyl sites for hydroxylation is 1. The molecular formula is C27H27Cl2FN2O4S. The quantitative estimate of drug-likeness (QED) is 0.173. The van der Waals surface area contributed by atoms with Gasteiger partial charge in [0.15, 0.2) is 5.13 Å². The van der Waals surface area contributed by atoms with Crippen LogP contribution in [0.5, 0.6) is 0 Å². The van der Waals surface area contributed by atoms with Gasteiger partial charge in [0.25, 0.3) is 5.91 Å². The number of anilines is 1. The van der Waals surface area contributed by atoms with E-state index in [0.717, 1.165) is 37.2 Å². The second-order valence-electron chi connectivity index (χ2n) is 8.33. The maximum absolute atomic E-state index is 15.2. The van der Waals surface area contributed by atoms with Gasteiger partial charge in [0.1, 0.15) is 5.82 Å². The molecule has 0 aliphatic rings. The Morgan fingerprint density at radius 3 is 2.57 bits per heavy atom. The third kappa shape index (κ3) is 7.85. The Labute approximate surface area is 229 Å². The molecule has 10 heteroatoms. The number of rotatable bonds is 12. The van der Waals surface area contributed by atoms with Crippen LogP contribution in [0, 0.1) is 5.82 Å². The number of amides is 1. The number of hydrogen-bond donors (Lipinski definition) is 2. The predicted molar refractivity (Wildman–Crippen MR) is 147 cm³/mol. The summed E-state index contributed by atoms with van der Waals surface area (Å²) in [6.07, 6.45) is 4.70. The molecule has 0 fully saturated rings. The van der Waals surface area contributed by atoms with Crippen molar-refractivity contribution in [1.82, 2.24) is 4.98 Å². The highest BCUT2D eigenvalue weighted by molar-refractivity contribution is 7.14. The first-order chi connectivity index (χ1) is 17.7. The number of hydrogen-bond acceptors (Lipinski definition) is 5. The minimum atomic E-state index is -1.10. The molecule has 3 rings (SSSR count). The average Bonchev–Trinajstić information content (AvgIpc) is 3.32. The highest BCUT2D eigenvalue weighted by atomic mass is 35.5. The van der Waals surface area contributed by atoms with Gasteiger partial charge in [-0.05, 0) is 56.0 Å². The minimum Gasteiger partial charge on any atom is -0.478 e. The van der Waals surface area contributed by atoms with Crippen molar-refractivity contribution in [3.05, 3.63) is 73.8 Å². The number of carboxylic acids is 1. The van der Waals surface area contributed by atoms with Crippen LogP contribution in [0.2, 0.25) is 10.0 Å². The van der Waals surface area contributed by atoms with Gasteiger partial charge in [-0.25, -0.2) is 14.2 Å². The first-order valence-corrected chi connectivity index (χ1v) is 13.4. The SMILES string of the molecule is CCCCOCCCc1cccc(-c2csc(NC(=O)c3cc(Cl)c(C=C(C)C(=O)O)c(Cl)c3)n2)c1F. The summed E-state index contributed by atoms with van der Waals surface area (Å²) < 4.78 is 20.7. The molecule has 6 nitrogen and oxygen atoms in total. The number of aliphatic carboxylic acids is 1. The molecule has 0 unspecified atom stereocenters. The molecule has 0 spiro atoms. The lowest BCUT2D eigenvalue weighted by Gasteiger charge is -2.08. The summed E-state index contributed by atoms with van der Waals surface area (Å²) in [5.41, 5.74) is 1.89. The van der Waals surface area contributed by atoms with E-state index in [1.54, 1.807) is 23.6 Å². The van der Waals surface area contributed by atoms with Crippen molar-refractivity contribution >= 4 is 57.6 Å². The summed E-state index contributed by atoms with van der Waals surface area (Å²) in [6, 6.07) is 7.99. The summed E-state index contributed by atoms with van der Waals surface area (Å²) in [5.74, 6) is -1.95. The van der Waals surface area contributed by atoms with Gasteiger partial charge in [-0.15, -0.1) is 11.3 Å². The molecule has 196 valence electrons. The van der Waals surface area contributed by atoms with Crippen molar-refractivity contribution in [2.45, 2.75) is 39.5 Å². The summed E-state index contributed by atoms with van der Waals surface area (Å²) in [4.78, 5) is 28.2. The number of nitrogens with one attached hydrogen (secondary N) is 1. The third-order valence-electron chi connectivity index (χ3n) is 5.50. The molecule has 0 aliphatic heterocycles. The molecule has 1 amide bonds. The van der Waals surface area contributed by atoms with Crippen molar-refractivity contribution in [1.29, 1.82) is 0 Å². The molecule has 0 saturated carbocycles. The fourth-order valence-electron chi connectivity index (χ4n) is 3.44. The lowest BCUT2D eigenvalue weighted by Crippen LogP contribution is -2.12. The zero-order chi connectivity index (χ0) is 26.9. The standard InChI is InChI=1S/C27H27Cl2FN2O4S/c1-3-4-10-36-11-6-8-17-7-5-9-19(24(17)30)23-15-37-27(31-23)32-25(33)18-13-21(28)20(22(29)14-18)12-16(2)26(34)35/h5,7,9,12-15H,3-4,6,8,10-11H2,1-2H3,(H,34,35)(H,31,32,33). The van der Waals surface area contributed by atoms with E-state index >= 15 is 4.39 Å². The van der Waals surface area contributed by atoms with Gasteiger partial charge in [-0.3, -0.25) is 10.1 Å². The molecule has 3 aromatic rings. The lowest BCUT2D eigenvalue weighted by molar-refractivity contribution is -0.132. The van der Waals surface area contributed by atoms with E-state index in [1.807, 2.05) is 0 Å². The first kappa shape index (κ1) is 28.8. The van der Waals surface area contributed by atoms with Crippen molar-refractivity contribution < 1.29 is 23.8 Å². The van der Waals surface area contributed by atoms with Crippen LogP contribution in [-0.4, -0.2) is 35.2 Å². The van der Waals surface area contributed by atoms with Crippen LogP contribution in [0.1, 0.15) is 54.6 Å². The molecule has 0 radical (unpaired) electrons. The average molecular weight is 565 g/mol. The van der Waals surface area contributed by atoms with Crippen LogP contribution in [-0.2, 0) is 16.0 Å². The lowest BCUT2D eigenvalue weighted by atomic mass is 10.0. The number of benzene rings is 2. The van der Waals surface area contributed by atoms with Crippen molar-refractivity contribution in [3.8, 4) is 11.3 Å². The first-order valence-electron chi connectivity index (χ1n) is 11.7. The number of carbonyl (C=O) groups is 2.